The lowest BCUT2D eigenvalue weighted by atomic mass is 10.1. The molecule has 0 amide bonds. The molecule has 0 unspecified atom stereocenters. The summed E-state index contributed by atoms with van der Waals surface area (Å²) in [5.41, 5.74) is 1.08. The van der Waals surface area contributed by atoms with E-state index >= 15 is 0 Å². The van der Waals surface area contributed by atoms with E-state index in [0.717, 1.165) is 51.1 Å². The molecule has 0 bridgehead atoms. The molecule has 2 heterocycles. The zero-order valence-corrected chi connectivity index (χ0v) is 12.1. The molecule has 106 valence electrons. The van der Waals surface area contributed by atoms with Gasteiger partial charge in [0.15, 0.2) is 0 Å². The lowest BCUT2D eigenvalue weighted by molar-refractivity contribution is 0.0237. The van der Waals surface area contributed by atoms with Gasteiger partial charge in [0.05, 0.1) is 13.2 Å². The van der Waals surface area contributed by atoms with E-state index in [0.29, 0.717) is 10.9 Å². The van der Waals surface area contributed by atoms with Crippen LogP contribution in [-0.4, -0.2) is 30.8 Å². The Hall–Kier alpha value is -0.840. The predicted molar refractivity (Wildman–Crippen MR) is 75.7 cm³/mol. The summed E-state index contributed by atoms with van der Waals surface area (Å²) in [6.07, 6.45) is 4.91. The highest BCUT2D eigenvalue weighted by molar-refractivity contribution is 6.31. The first-order valence-corrected chi connectivity index (χ1v) is 7.27. The smallest absolute Gasteiger partial charge is 0.232 e. The summed E-state index contributed by atoms with van der Waals surface area (Å²) in [6, 6.07) is 1.92. The van der Waals surface area contributed by atoms with Gasteiger partial charge in [0.25, 0.3) is 0 Å². The van der Waals surface area contributed by atoms with Crippen LogP contribution in [-0.2, 0) is 11.3 Å². The van der Waals surface area contributed by atoms with Crippen LogP contribution in [0, 0.1) is 0 Å². The average Bonchev–Trinajstić information content (AvgIpc) is 2.43. The first-order chi connectivity index (χ1) is 9.29. The number of pyridine rings is 1. The molecule has 2 rings (SSSR count). The summed E-state index contributed by atoms with van der Waals surface area (Å²) in [5.74, 6) is 0.535. The van der Waals surface area contributed by atoms with E-state index in [1.54, 1.807) is 0 Å². The van der Waals surface area contributed by atoms with Crippen LogP contribution in [0.1, 0.15) is 31.7 Å². The molecule has 0 spiro atoms. The molecule has 0 radical (unpaired) electrons. The van der Waals surface area contributed by atoms with Crippen molar-refractivity contribution in [3.05, 3.63) is 22.8 Å². The second-order valence-electron chi connectivity index (χ2n) is 4.74. The third-order valence-corrected chi connectivity index (χ3v) is 3.34. The quantitative estimate of drug-likeness (QED) is 0.816. The van der Waals surface area contributed by atoms with Crippen LogP contribution >= 0.6 is 11.6 Å². The summed E-state index contributed by atoms with van der Waals surface area (Å²) >= 11 is 6.21. The maximum absolute atomic E-state index is 6.21. The Balaban J connectivity index is 1.90. The van der Waals surface area contributed by atoms with Crippen LogP contribution in [0.3, 0.4) is 0 Å². The first-order valence-electron chi connectivity index (χ1n) is 6.89. The highest BCUT2D eigenvalue weighted by Crippen LogP contribution is 2.25. The normalized spacial score (nSPS) is 16.5. The topological polar surface area (TPSA) is 43.4 Å². The molecule has 5 heteroatoms. The molecule has 0 atom stereocenters. The monoisotopic (exact) mass is 284 g/mol. The zero-order chi connectivity index (χ0) is 13.5. The molecule has 0 aromatic carbocycles. The van der Waals surface area contributed by atoms with Crippen LogP contribution in [0.5, 0.6) is 5.88 Å². The van der Waals surface area contributed by atoms with Crippen LogP contribution in [0.2, 0.25) is 5.02 Å². The third-order valence-electron chi connectivity index (χ3n) is 3.07. The zero-order valence-electron chi connectivity index (χ0n) is 11.3. The molecule has 1 fully saturated rings. The molecular formula is C14H21ClN2O2. The maximum Gasteiger partial charge on any atom is 0.232 e. The predicted octanol–water partition coefficient (Wildman–Crippen LogP) is 2.79. The maximum atomic E-state index is 6.21. The van der Waals surface area contributed by atoms with Gasteiger partial charge in [-0.1, -0.05) is 18.5 Å². The van der Waals surface area contributed by atoms with Crippen molar-refractivity contribution in [1.82, 2.24) is 10.3 Å². The second kappa shape index (κ2) is 7.68. The van der Waals surface area contributed by atoms with E-state index in [1.807, 2.05) is 12.3 Å². The van der Waals surface area contributed by atoms with Gasteiger partial charge in [0.2, 0.25) is 5.88 Å². The molecule has 4 nitrogen and oxygen atoms in total. The van der Waals surface area contributed by atoms with Crippen LogP contribution < -0.4 is 10.1 Å². The van der Waals surface area contributed by atoms with E-state index < -0.39 is 0 Å². The van der Waals surface area contributed by atoms with Crippen molar-refractivity contribution in [2.75, 3.05) is 19.8 Å². The lowest BCUT2D eigenvalue weighted by Gasteiger charge is -2.23. The van der Waals surface area contributed by atoms with Gasteiger partial charge in [0, 0.05) is 25.6 Å². The Morgan fingerprint density at radius 1 is 1.47 bits per heavy atom. The lowest BCUT2D eigenvalue weighted by Crippen LogP contribution is -2.26. The van der Waals surface area contributed by atoms with Crippen molar-refractivity contribution < 1.29 is 9.47 Å². The van der Waals surface area contributed by atoms with Crippen molar-refractivity contribution in [2.45, 2.75) is 38.8 Å². The minimum atomic E-state index is 0.169. The Morgan fingerprint density at radius 2 is 2.26 bits per heavy atom. The number of nitrogens with one attached hydrogen (secondary N) is 1. The van der Waals surface area contributed by atoms with Crippen LogP contribution in [0.4, 0.5) is 0 Å². The van der Waals surface area contributed by atoms with Gasteiger partial charge in [-0.25, -0.2) is 4.98 Å². The van der Waals surface area contributed by atoms with Gasteiger partial charge in [-0.15, -0.1) is 0 Å². The summed E-state index contributed by atoms with van der Waals surface area (Å²) in [6.45, 7) is 5.43. The SMILES string of the molecule is CCCNCc1cnc(OC2CCOCC2)c(Cl)c1. The van der Waals surface area contributed by atoms with Crippen molar-refractivity contribution >= 4 is 11.6 Å². The molecule has 1 aromatic heterocycles. The van der Waals surface area contributed by atoms with E-state index in [4.69, 9.17) is 21.1 Å². The van der Waals surface area contributed by atoms with Gasteiger partial charge in [0.1, 0.15) is 11.1 Å². The largest absolute Gasteiger partial charge is 0.473 e. The van der Waals surface area contributed by atoms with E-state index in [2.05, 4.69) is 17.2 Å². The number of hydrogen-bond acceptors (Lipinski definition) is 4. The van der Waals surface area contributed by atoms with Crippen molar-refractivity contribution in [3.8, 4) is 5.88 Å². The third kappa shape index (κ3) is 4.64. The number of rotatable bonds is 6. The number of nitrogens with zero attached hydrogens (tertiary/aromatic N) is 1. The molecule has 1 aliphatic heterocycles. The Bertz CT molecular complexity index is 395. The van der Waals surface area contributed by atoms with Crippen LogP contribution in [0.15, 0.2) is 12.3 Å². The Morgan fingerprint density at radius 3 is 2.95 bits per heavy atom. The highest BCUT2D eigenvalue weighted by atomic mass is 35.5. The molecule has 1 saturated heterocycles. The summed E-state index contributed by atoms with van der Waals surface area (Å²) in [5, 5.41) is 3.91. The fraction of sp³-hybridized carbons (Fsp3) is 0.643. The summed E-state index contributed by atoms with van der Waals surface area (Å²) < 4.78 is 11.1. The van der Waals surface area contributed by atoms with Crippen molar-refractivity contribution in [2.24, 2.45) is 0 Å². The van der Waals surface area contributed by atoms with E-state index in [-0.39, 0.29) is 6.10 Å². The summed E-state index contributed by atoms with van der Waals surface area (Å²) in [7, 11) is 0. The standard InChI is InChI=1S/C14H21ClN2O2/c1-2-5-16-9-11-8-13(15)14(17-10-11)19-12-3-6-18-7-4-12/h8,10,12,16H,2-7,9H2,1H3. The minimum absolute atomic E-state index is 0.169. The van der Waals surface area contributed by atoms with E-state index in [9.17, 15) is 0 Å². The Kier molecular flexibility index (Phi) is 5.89. The molecule has 1 N–H and O–H groups in total. The number of halogens is 1. The van der Waals surface area contributed by atoms with E-state index in [1.165, 1.54) is 0 Å². The fourth-order valence-electron chi connectivity index (χ4n) is 2.01. The van der Waals surface area contributed by atoms with Gasteiger partial charge >= 0.3 is 0 Å². The van der Waals surface area contributed by atoms with Crippen molar-refractivity contribution in [1.29, 1.82) is 0 Å². The summed E-state index contributed by atoms with van der Waals surface area (Å²) in [4.78, 5) is 4.32. The van der Waals surface area contributed by atoms with Crippen LogP contribution in [0.25, 0.3) is 0 Å². The fourth-order valence-corrected chi connectivity index (χ4v) is 2.24. The molecule has 1 aromatic rings. The molecule has 1 aliphatic rings. The van der Waals surface area contributed by atoms with Gasteiger partial charge < -0.3 is 14.8 Å². The highest BCUT2D eigenvalue weighted by Gasteiger charge is 2.17. The molecule has 0 saturated carbocycles. The first kappa shape index (κ1) is 14.6. The number of aromatic nitrogens is 1. The molecule has 0 aliphatic carbocycles. The van der Waals surface area contributed by atoms with Crippen molar-refractivity contribution in [3.63, 3.8) is 0 Å². The molecule has 19 heavy (non-hydrogen) atoms. The Labute approximate surface area is 119 Å². The van der Waals surface area contributed by atoms with Gasteiger partial charge in [-0.05, 0) is 24.6 Å². The molecular weight excluding hydrogens is 264 g/mol. The minimum Gasteiger partial charge on any atom is -0.473 e. The average molecular weight is 285 g/mol. The van der Waals surface area contributed by atoms with Gasteiger partial charge in [-0.3, -0.25) is 0 Å². The second-order valence-corrected chi connectivity index (χ2v) is 5.14. The van der Waals surface area contributed by atoms with Gasteiger partial charge in [-0.2, -0.15) is 0 Å². The number of ether oxygens (including phenoxy) is 2. The number of hydrogen-bond donors (Lipinski definition) is 1.